The van der Waals surface area contributed by atoms with E-state index < -0.39 is 45.6 Å². The fourth-order valence-electron chi connectivity index (χ4n) is 10.6. The van der Waals surface area contributed by atoms with Gasteiger partial charge in [-0.25, -0.2) is 0 Å². The lowest BCUT2D eigenvalue weighted by Crippen LogP contribution is -2.61. The van der Waals surface area contributed by atoms with Gasteiger partial charge in [-0.05, 0) is 52.7 Å². The number of Topliss-reactive ketones (excluding diaryl/α,β-unsaturated/α-hetero) is 1. The highest BCUT2D eigenvalue weighted by Gasteiger charge is 2.83. The molecule has 0 saturated heterocycles. The number of benzene rings is 4. The van der Waals surface area contributed by atoms with E-state index in [2.05, 4.69) is 56.3 Å². The van der Waals surface area contributed by atoms with Crippen LogP contribution in [0, 0.1) is 29.1 Å². The number of fused-ring (bicyclic) bond motifs is 5. The molecule has 0 aliphatic heterocycles. The van der Waals surface area contributed by atoms with Gasteiger partial charge < -0.3 is 19.7 Å². The summed E-state index contributed by atoms with van der Waals surface area (Å²) in [7, 11) is 0. The van der Waals surface area contributed by atoms with Crippen LogP contribution >= 0.6 is 0 Å². The first kappa shape index (κ1) is 35.4. The van der Waals surface area contributed by atoms with Crippen molar-refractivity contribution in [3.8, 4) is 0 Å². The fourth-order valence-corrected chi connectivity index (χ4v) is 10.6. The van der Waals surface area contributed by atoms with Gasteiger partial charge in [0.15, 0.2) is 5.78 Å². The van der Waals surface area contributed by atoms with Gasteiger partial charge in [0.1, 0.15) is 16.8 Å². The van der Waals surface area contributed by atoms with E-state index in [1.165, 1.54) is 0 Å². The van der Waals surface area contributed by atoms with E-state index in [1.54, 1.807) is 13.0 Å². The molecular weight excluding hydrogens is 661 g/mol. The number of esters is 1. The van der Waals surface area contributed by atoms with Crippen molar-refractivity contribution < 1.29 is 29.3 Å². The number of carbonyl (C=O) groups excluding carboxylic acids is 2. The van der Waals surface area contributed by atoms with Crippen LogP contribution in [0.3, 0.4) is 0 Å². The number of hydrogen-bond donors (Lipinski definition) is 2. The van der Waals surface area contributed by atoms with Gasteiger partial charge in [0.05, 0.1) is 18.6 Å². The van der Waals surface area contributed by atoms with Crippen molar-refractivity contribution in [3.63, 3.8) is 0 Å². The Morgan fingerprint density at radius 1 is 0.792 bits per heavy atom. The van der Waals surface area contributed by atoms with Gasteiger partial charge in [-0.2, -0.15) is 0 Å². The predicted octanol–water partition coefficient (Wildman–Crippen LogP) is 7.77. The average molecular weight is 709 g/mol. The summed E-state index contributed by atoms with van der Waals surface area (Å²) in [6.45, 7) is 7.99. The van der Waals surface area contributed by atoms with Crippen molar-refractivity contribution in [3.05, 3.63) is 167 Å². The van der Waals surface area contributed by atoms with Gasteiger partial charge in [-0.3, -0.25) is 9.59 Å². The number of rotatable bonds is 9. The standard InChI is InChI=1S/C47H48O6/c1-31-25-39-44(50,42(31)49)29-34(30-52-47(35-19-11-6-12-20-35,36-21-13-7-14-22-36)37-23-15-8-16-24-37)26-38-41-43(3,4)45(41,28-32(2)46(38,39)51)53-40(48)27-33-17-9-5-10-18-33/h5-26,32,38-39,41,50-51H,27-30H2,1-4H3/t32-,38+,39-,41-,44-,45+,46-/m1/s1. The third kappa shape index (κ3) is 5.32. The summed E-state index contributed by atoms with van der Waals surface area (Å²) in [5.74, 6) is -2.69. The summed E-state index contributed by atoms with van der Waals surface area (Å²) in [5.41, 5.74) is -0.780. The first-order chi connectivity index (χ1) is 25.4. The highest BCUT2D eigenvalue weighted by atomic mass is 16.6. The Morgan fingerprint density at radius 3 is 1.83 bits per heavy atom. The molecule has 8 rings (SSSR count). The largest absolute Gasteiger partial charge is 0.458 e. The zero-order valence-corrected chi connectivity index (χ0v) is 30.9. The smallest absolute Gasteiger partial charge is 0.310 e. The van der Waals surface area contributed by atoms with Crippen molar-refractivity contribution in [1.82, 2.24) is 0 Å². The van der Waals surface area contributed by atoms with E-state index in [-0.39, 0.29) is 37.1 Å². The molecule has 2 saturated carbocycles. The molecular formula is C47H48O6. The molecule has 0 unspecified atom stereocenters. The minimum Gasteiger partial charge on any atom is -0.458 e. The van der Waals surface area contributed by atoms with E-state index in [9.17, 15) is 19.8 Å². The molecule has 53 heavy (non-hydrogen) atoms. The summed E-state index contributed by atoms with van der Waals surface area (Å²) < 4.78 is 13.8. The maximum absolute atomic E-state index is 14.0. The number of ether oxygens (including phenoxy) is 2. The molecule has 272 valence electrons. The van der Waals surface area contributed by atoms with E-state index in [4.69, 9.17) is 9.47 Å². The molecule has 6 heteroatoms. The predicted molar refractivity (Wildman–Crippen MR) is 204 cm³/mol. The quantitative estimate of drug-likeness (QED) is 0.105. The van der Waals surface area contributed by atoms with Crippen molar-refractivity contribution in [1.29, 1.82) is 0 Å². The molecule has 2 N–H and O–H groups in total. The molecule has 4 aliphatic carbocycles. The third-order valence-corrected chi connectivity index (χ3v) is 13.2. The number of ketones is 1. The van der Waals surface area contributed by atoms with Crippen LogP contribution < -0.4 is 0 Å². The lowest BCUT2D eigenvalue weighted by molar-refractivity contribution is -0.186. The van der Waals surface area contributed by atoms with Crippen LogP contribution in [-0.2, 0) is 31.1 Å². The van der Waals surface area contributed by atoms with Gasteiger partial charge in [0.2, 0.25) is 0 Å². The number of hydrogen-bond acceptors (Lipinski definition) is 6. The van der Waals surface area contributed by atoms with Crippen molar-refractivity contribution in [2.75, 3.05) is 6.61 Å². The van der Waals surface area contributed by atoms with Crippen LogP contribution in [0.25, 0.3) is 0 Å². The second kappa shape index (κ2) is 12.8. The fraction of sp³-hybridized carbons (Fsp3) is 0.362. The molecule has 7 atom stereocenters. The Balaban J connectivity index is 1.23. The molecule has 0 bridgehead atoms. The second-order valence-corrected chi connectivity index (χ2v) is 16.4. The van der Waals surface area contributed by atoms with Crippen LogP contribution in [0.2, 0.25) is 0 Å². The maximum atomic E-state index is 14.0. The Hall–Kier alpha value is -4.62. The lowest BCUT2D eigenvalue weighted by atomic mass is 9.60. The normalized spacial score (nSPS) is 31.2. The molecule has 2 fully saturated rings. The van der Waals surface area contributed by atoms with Gasteiger partial charge >= 0.3 is 5.97 Å². The first-order valence-electron chi connectivity index (χ1n) is 18.8. The minimum absolute atomic E-state index is 0.0122. The molecule has 4 aliphatic rings. The first-order valence-corrected chi connectivity index (χ1v) is 18.8. The Bertz CT molecular complexity index is 1980. The van der Waals surface area contributed by atoms with Crippen LogP contribution in [-0.4, -0.2) is 45.4 Å². The number of carbonyl (C=O) groups is 2. The summed E-state index contributed by atoms with van der Waals surface area (Å²) in [5, 5.41) is 25.7. The Labute approximate surface area is 312 Å². The molecule has 0 amide bonds. The van der Waals surface area contributed by atoms with Gasteiger partial charge in [-0.1, -0.05) is 154 Å². The molecule has 0 radical (unpaired) electrons. The summed E-state index contributed by atoms with van der Waals surface area (Å²) in [6, 6.07) is 39.9. The van der Waals surface area contributed by atoms with Crippen LogP contribution in [0.5, 0.6) is 0 Å². The molecule has 0 spiro atoms. The van der Waals surface area contributed by atoms with Crippen molar-refractivity contribution >= 4 is 11.8 Å². The van der Waals surface area contributed by atoms with Gasteiger partial charge in [-0.15, -0.1) is 0 Å². The molecule has 6 nitrogen and oxygen atoms in total. The van der Waals surface area contributed by atoms with Crippen molar-refractivity contribution in [2.24, 2.45) is 29.1 Å². The average Bonchev–Trinajstić information content (AvgIpc) is 3.57. The molecule has 0 heterocycles. The summed E-state index contributed by atoms with van der Waals surface area (Å²) in [6.07, 6.45) is 4.44. The molecule has 4 aromatic carbocycles. The van der Waals surface area contributed by atoms with Crippen LogP contribution in [0.1, 0.15) is 62.8 Å². The van der Waals surface area contributed by atoms with Gasteiger partial charge in [0.25, 0.3) is 0 Å². The zero-order valence-electron chi connectivity index (χ0n) is 30.9. The second-order valence-electron chi connectivity index (χ2n) is 16.4. The summed E-state index contributed by atoms with van der Waals surface area (Å²) >= 11 is 0. The van der Waals surface area contributed by atoms with E-state index in [1.807, 2.05) is 91.9 Å². The highest BCUT2D eigenvalue weighted by Crippen LogP contribution is 2.76. The monoisotopic (exact) mass is 708 g/mol. The SMILES string of the molecule is CC1=C[C@H]2[C@@]3(O)[C@H](C)C[C@]4(OC(=O)Cc5ccccc5)[C@H]([C@@H]3C=C(COC(c3ccccc3)(c3ccccc3)c3ccccc3)C[C@]2(O)C1=O)C4(C)C. The van der Waals surface area contributed by atoms with E-state index >= 15 is 0 Å². The van der Waals surface area contributed by atoms with Crippen LogP contribution in [0.15, 0.2) is 145 Å². The molecule has 0 aromatic heterocycles. The van der Waals surface area contributed by atoms with E-state index in [0.29, 0.717) is 12.0 Å². The highest BCUT2D eigenvalue weighted by molar-refractivity contribution is 6.04. The lowest BCUT2D eigenvalue weighted by Gasteiger charge is -2.50. The zero-order chi connectivity index (χ0) is 37.2. The maximum Gasteiger partial charge on any atom is 0.310 e. The van der Waals surface area contributed by atoms with Gasteiger partial charge in [0, 0.05) is 29.6 Å². The summed E-state index contributed by atoms with van der Waals surface area (Å²) in [4.78, 5) is 27.6. The number of aliphatic hydroxyl groups is 2. The molecule has 4 aromatic rings. The topological polar surface area (TPSA) is 93.1 Å². The van der Waals surface area contributed by atoms with Crippen LogP contribution in [0.4, 0.5) is 0 Å². The third-order valence-electron chi connectivity index (χ3n) is 13.2. The Morgan fingerprint density at radius 2 is 1.30 bits per heavy atom. The van der Waals surface area contributed by atoms with E-state index in [0.717, 1.165) is 27.8 Å². The Kier molecular flexibility index (Phi) is 8.52. The minimum atomic E-state index is -1.85. The van der Waals surface area contributed by atoms with Crippen molar-refractivity contribution in [2.45, 2.75) is 69.4 Å².